The Kier molecular flexibility index (Phi) is 5.08. The number of nitrogens with one attached hydrogen (secondary N) is 1. The SMILES string of the molecule is COc1cccc2cc(C(=O)NC[C@H](OC)c3ccc(Cl)s3)oc12. The third-order valence-corrected chi connectivity index (χ3v) is 4.92. The Hall–Kier alpha value is -2.02. The van der Waals surface area contributed by atoms with Crippen LogP contribution in [0.5, 0.6) is 5.75 Å². The number of halogens is 1. The molecule has 1 N–H and O–H groups in total. The van der Waals surface area contributed by atoms with E-state index >= 15 is 0 Å². The number of furan rings is 1. The second-order valence-electron chi connectivity index (χ2n) is 5.07. The Morgan fingerprint density at radius 2 is 2.17 bits per heavy atom. The lowest BCUT2D eigenvalue weighted by atomic mass is 10.2. The number of benzene rings is 1. The van der Waals surface area contributed by atoms with E-state index < -0.39 is 0 Å². The summed E-state index contributed by atoms with van der Waals surface area (Å²) in [5.74, 6) is 0.515. The number of rotatable bonds is 6. The normalized spacial score (nSPS) is 12.3. The number of para-hydroxylation sites is 1. The van der Waals surface area contributed by atoms with Crippen molar-refractivity contribution in [2.45, 2.75) is 6.10 Å². The average molecular weight is 366 g/mol. The zero-order chi connectivity index (χ0) is 17.1. The summed E-state index contributed by atoms with van der Waals surface area (Å²) < 4.78 is 17.0. The van der Waals surface area contributed by atoms with Gasteiger partial charge in [0.1, 0.15) is 6.10 Å². The van der Waals surface area contributed by atoms with E-state index in [1.807, 2.05) is 18.2 Å². The van der Waals surface area contributed by atoms with Crippen molar-refractivity contribution in [3.63, 3.8) is 0 Å². The molecular formula is C17H16ClNO4S. The van der Waals surface area contributed by atoms with Crippen LogP contribution in [0.25, 0.3) is 11.0 Å². The lowest BCUT2D eigenvalue weighted by molar-refractivity contribution is 0.0818. The van der Waals surface area contributed by atoms with Gasteiger partial charge in [-0.05, 0) is 24.3 Å². The molecule has 0 bridgehead atoms. The van der Waals surface area contributed by atoms with Gasteiger partial charge in [0.25, 0.3) is 5.91 Å². The van der Waals surface area contributed by atoms with Crippen molar-refractivity contribution >= 4 is 39.8 Å². The molecule has 0 saturated heterocycles. The molecule has 0 aliphatic carbocycles. The molecule has 5 nitrogen and oxygen atoms in total. The largest absolute Gasteiger partial charge is 0.493 e. The van der Waals surface area contributed by atoms with E-state index in [2.05, 4.69) is 5.32 Å². The molecule has 1 aromatic carbocycles. The molecule has 1 atom stereocenters. The number of thiophene rings is 1. The van der Waals surface area contributed by atoms with Crippen molar-refractivity contribution in [2.24, 2.45) is 0 Å². The van der Waals surface area contributed by atoms with Crippen LogP contribution in [0.15, 0.2) is 40.8 Å². The summed E-state index contributed by atoms with van der Waals surface area (Å²) in [5.41, 5.74) is 0.554. The Labute approximate surface area is 148 Å². The maximum atomic E-state index is 12.3. The Bertz CT molecular complexity index is 857. The second-order valence-corrected chi connectivity index (χ2v) is 6.81. The summed E-state index contributed by atoms with van der Waals surface area (Å²) >= 11 is 7.37. The minimum Gasteiger partial charge on any atom is -0.493 e. The molecule has 2 heterocycles. The lowest BCUT2D eigenvalue weighted by Gasteiger charge is -2.13. The van der Waals surface area contributed by atoms with E-state index in [0.717, 1.165) is 10.3 Å². The Balaban J connectivity index is 1.72. The number of hydrogen-bond donors (Lipinski definition) is 1. The van der Waals surface area contributed by atoms with Crippen LogP contribution in [0.4, 0.5) is 0 Å². The lowest BCUT2D eigenvalue weighted by Crippen LogP contribution is -2.28. The summed E-state index contributed by atoms with van der Waals surface area (Å²) in [4.78, 5) is 13.3. The zero-order valence-corrected chi connectivity index (χ0v) is 14.7. The van der Waals surface area contributed by atoms with Crippen molar-refractivity contribution in [1.29, 1.82) is 0 Å². The quantitative estimate of drug-likeness (QED) is 0.708. The Morgan fingerprint density at radius 3 is 2.83 bits per heavy atom. The van der Waals surface area contributed by atoms with E-state index in [-0.39, 0.29) is 17.8 Å². The number of hydrogen-bond acceptors (Lipinski definition) is 5. The predicted molar refractivity (Wildman–Crippen MR) is 94.2 cm³/mol. The molecule has 0 aliphatic rings. The maximum absolute atomic E-state index is 12.3. The standard InChI is InChI=1S/C17H16ClNO4S/c1-21-11-5-3-4-10-8-12(23-16(10)11)17(20)19-9-13(22-2)14-6-7-15(18)24-14/h3-8,13H,9H2,1-2H3,(H,19,20)/t13-/m0/s1. The molecule has 126 valence electrons. The summed E-state index contributed by atoms with van der Waals surface area (Å²) in [7, 11) is 3.16. The molecule has 2 aromatic heterocycles. The van der Waals surface area contributed by atoms with Gasteiger partial charge in [-0.15, -0.1) is 11.3 Å². The van der Waals surface area contributed by atoms with Crippen LogP contribution < -0.4 is 10.1 Å². The predicted octanol–water partition coefficient (Wildman–Crippen LogP) is 4.27. The third kappa shape index (κ3) is 3.40. The molecule has 0 radical (unpaired) electrons. The molecule has 3 rings (SSSR count). The van der Waals surface area contributed by atoms with E-state index in [9.17, 15) is 4.79 Å². The third-order valence-electron chi connectivity index (χ3n) is 3.60. The van der Waals surface area contributed by atoms with Crippen LogP contribution in [0, 0.1) is 0 Å². The average Bonchev–Trinajstić information content (AvgIpc) is 3.21. The summed E-state index contributed by atoms with van der Waals surface area (Å²) in [6, 6.07) is 10.9. The fourth-order valence-electron chi connectivity index (χ4n) is 2.38. The summed E-state index contributed by atoms with van der Waals surface area (Å²) in [6.07, 6.45) is -0.259. The van der Waals surface area contributed by atoms with Crippen molar-refractivity contribution in [3.8, 4) is 5.75 Å². The van der Waals surface area contributed by atoms with Crippen LogP contribution >= 0.6 is 22.9 Å². The van der Waals surface area contributed by atoms with Gasteiger partial charge in [0.05, 0.1) is 11.4 Å². The zero-order valence-electron chi connectivity index (χ0n) is 13.2. The highest BCUT2D eigenvalue weighted by Crippen LogP contribution is 2.30. The van der Waals surface area contributed by atoms with Gasteiger partial charge in [0.15, 0.2) is 17.1 Å². The Morgan fingerprint density at radius 1 is 1.33 bits per heavy atom. The van der Waals surface area contributed by atoms with Gasteiger partial charge in [-0.3, -0.25) is 4.79 Å². The molecule has 0 aliphatic heterocycles. The molecule has 0 fully saturated rings. The molecule has 24 heavy (non-hydrogen) atoms. The number of fused-ring (bicyclic) bond motifs is 1. The number of carbonyl (C=O) groups is 1. The molecule has 7 heteroatoms. The molecule has 3 aromatic rings. The topological polar surface area (TPSA) is 60.7 Å². The number of methoxy groups -OCH3 is 2. The van der Waals surface area contributed by atoms with E-state index in [4.69, 9.17) is 25.5 Å². The maximum Gasteiger partial charge on any atom is 0.287 e. The highest BCUT2D eigenvalue weighted by atomic mass is 35.5. The van der Waals surface area contributed by atoms with Gasteiger partial charge < -0.3 is 19.2 Å². The van der Waals surface area contributed by atoms with Crippen molar-refractivity contribution in [2.75, 3.05) is 20.8 Å². The summed E-state index contributed by atoms with van der Waals surface area (Å²) in [6.45, 7) is 0.320. The van der Waals surface area contributed by atoms with Crippen molar-refractivity contribution < 1.29 is 18.7 Å². The monoisotopic (exact) mass is 365 g/mol. The highest BCUT2D eigenvalue weighted by molar-refractivity contribution is 7.16. The summed E-state index contributed by atoms with van der Waals surface area (Å²) in [5, 5.41) is 3.63. The van der Waals surface area contributed by atoms with Crippen LogP contribution in [-0.2, 0) is 4.74 Å². The first-order valence-electron chi connectivity index (χ1n) is 7.25. The van der Waals surface area contributed by atoms with Gasteiger partial charge >= 0.3 is 0 Å². The molecular weight excluding hydrogens is 350 g/mol. The van der Waals surface area contributed by atoms with Crippen molar-refractivity contribution in [3.05, 3.63) is 51.4 Å². The van der Waals surface area contributed by atoms with E-state index in [0.29, 0.717) is 22.2 Å². The van der Waals surface area contributed by atoms with E-state index in [1.54, 1.807) is 32.4 Å². The van der Waals surface area contributed by atoms with Gasteiger partial charge in [-0.1, -0.05) is 23.7 Å². The minimum absolute atomic E-state index is 0.230. The molecule has 0 spiro atoms. The number of amides is 1. The van der Waals surface area contributed by atoms with Gasteiger partial charge in [0.2, 0.25) is 0 Å². The van der Waals surface area contributed by atoms with Crippen molar-refractivity contribution in [1.82, 2.24) is 5.32 Å². The first kappa shape index (κ1) is 16.8. The minimum atomic E-state index is -0.307. The highest BCUT2D eigenvalue weighted by Gasteiger charge is 2.18. The fraction of sp³-hybridized carbons (Fsp3) is 0.235. The van der Waals surface area contributed by atoms with E-state index in [1.165, 1.54) is 11.3 Å². The first-order valence-corrected chi connectivity index (χ1v) is 8.44. The van der Waals surface area contributed by atoms with Crippen LogP contribution in [0.3, 0.4) is 0 Å². The van der Waals surface area contributed by atoms with Crippen LogP contribution in [0.1, 0.15) is 21.5 Å². The van der Waals surface area contributed by atoms with Crippen LogP contribution in [0.2, 0.25) is 4.34 Å². The second kappa shape index (κ2) is 7.25. The number of carbonyl (C=O) groups excluding carboxylic acids is 1. The fourth-order valence-corrected chi connectivity index (χ4v) is 3.52. The van der Waals surface area contributed by atoms with Crippen LogP contribution in [-0.4, -0.2) is 26.7 Å². The smallest absolute Gasteiger partial charge is 0.287 e. The first-order chi connectivity index (χ1) is 11.6. The van der Waals surface area contributed by atoms with Gasteiger partial charge in [-0.25, -0.2) is 0 Å². The molecule has 0 unspecified atom stereocenters. The molecule has 0 saturated carbocycles. The van der Waals surface area contributed by atoms with Gasteiger partial charge in [-0.2, -0.15) is 0 Å². The molecule has 1 amide bonds. The number of ether oxygens (including phenoxy) is 2. The van der Waals surface area contributed by atoms with Gasteiger partial charge in [0, 0.05) is 23.9 Å².